The largest absolute Gasteiger partial charge is 0.381 e. The lowest BCUT2D eigenvalue weighted by atomic mass is 10.0. The van der Waals surface area contributed by atoms with Gasteiger partial charge in [-0.15, -0.1) is 0 Å². The maximum absolute atomic E-state index is 11.6. The second kappa shape index (κ2) is 9.60. The molecule has 0 N–H and O–H groups in total. The maximum Gasteiger partial charge on any atom is 0.163 e. The molecule has 100 valence electrons. The molecule has 1 fully saturated rings. The van der Waals surface area contributed by atoms with Gasteiger partial charge in [0.05, 0.1) is 6.61 Å². The molecular formula is C14H26O3. The molecule has 3 nitrogen and oxygen atoms in total. The summed E-state index contributed by atoms with van der Waals surface area (Å²) < 4.78 is 10.6. The highest BCUT2D eigenvalue weighted by molar-refractivity contribution is 5.82. The molecule has 1 saturated heterocycles. The predicted octanol–water partition coefficient (Wildman–Crippen LogP) is 2.97. The third-order valence-electron chi connectivity index (χ3n) is 3.27. The molecule has 0 aromatic carbocycles. The van der Waals surface area contributed by atoms with E-state index in [0.29, 0.717) is 6.61 Å². The molecule has 0 aromatic heterocycles. The van der Waals surface area contributed by atoms with Crippen LogP contribution < -0.4 is 0 Å². The van der Waals surface area contributed by atoms with E-state index in [4.69, 9.17) is 9.47 Å². The molecule has 1 aliphatic rings. The van der Waals surface area contributed by atoms with Crippen LogP contribution in [-0.4, -0.2) is 32.2 Å². The van der Waals surface area contributed by atoms with Gasteiger partial charge in [0.25, 0.3) is 0 Å². The fourth-order valence-corrected chi connectivity index (χ4v) is 2.06. The van der Waals surface area contributed by atoms with Gasteiger partial charge in [0.15, 0.2) is 5.78 Å². The van der Waals surface area contributed by atoms with Crippen LogP contribution in [0.4, 0.5) is 0 Å². The Balaban J connectivity index is 1.85. The summed E-state index contributed by atoms with van der Waals surface area (Å²) >= 11 is 0. The van der Waals surface area contributed by atoms with Gasteiger partial charge in [0.2, 0.25) is 0 Å². The summed E-state index contributed by atoms with van der Waals surface area (Å²) in [6, 6.07) is 0. The van der Waals surface area contributed by atoms with Crippen LogP contribution in [-0.2, 0) is 14.3 Å². The Kier molecular flexibility index (Phi) is 8.28. The van der Waals surface area contributed by atoms with Crippen molar-refractivity contribution in [2.24, 2.45) is 5.92 Å². The molecule has 1 heterocycles. The minimum absolute atomic E-state index is 0.0968. The number of rotatable bonds is 10. The molecule has 0 saturated carbocycles. The van der Waals surface area contributed by atoms with Crippen LogP contribution in [0.1, 0.15) is 51.9 Å². The van der Waals surface area contributed by atoms with Crippen molar-refractivity contribution >= 4 is 5.78 Å². The molecule has 0 amide bonds. The third-order valence-corrected chi connectivity index (χ3v) is 3.27. The summed E-state index contributed by atoms with van der Waals surface area (Å²) in [6.07, 6.45) is 8.42. The normalized spacial score (nSPS) is 19.7. The first-order valence-electron chi connectivity index (χ1n) is 7.02. The first-order valence-corrected chi connectivity index (χ1v) is 7.02. The number of hydrogen-bond acceptors (Lipinski definition) is 3. The van der Waals surface area contributed by atoms with E-state index >= 15 is 0 Å². The molecule has 0 aliphatic carbocycles. The highest BCUT2D eigenvalue weighted by atomic mass is 16.5. The molecule has 17 heavy (non-hydrogen) atoms. The first-order chi connectivity index (χ1) is 8.34. The Morgan fingerprint density at radius 1 is 1.24 bits per heavy atom. The summed E-state index contributed by atoms with van der Waals surface area (Å²) in [5.41, 5.74) is 0. The van der Waals surface area contributed by atoms with Crippen LogP contribution in [0.3, 0.4) is 0 Å². The minimum atomic E-state index is 0.0968. The van der Waals surface area contributed by atoms with Gasteiger partial charge in [-0.05, 0) is 12.8 Å². The monoisotopic (exact) mass is 242 g/mol. The van der Waals surface area contributed by atoms with Crippen molar-refractivity contribution in [3.05, 3.63) is 0 Å². The summed E-state index contributed by atoms with van der Waals surface area (Å²) in [7, 11) is 0. The van der Waals surface area contributed by atoms with Crippen LogP contribution in [0.5, 0.6) is 0 Å². The van der Waals surface area contributed by atoms with E-state index in [9.17, 15) is 4.79 Å². The van der Waals surface area contributed by atoms with E-state index in [1.54, 1.807) is 0 Å². The Morgan fingerprint density at radius 2 is 2.00 bits per heavy atom. The third kappa shape index (κ3) is 6.79. The van der Waals surface area contributed by atoms with Crippen LogP contribution in [0.25, 0.3) is 0 Å². The first kappa shape index (κ1) is 14.7. The van der Waals surface area contributed by atoms with Crippen molar-refractivity contribution < 1.29 is 14.3 Å². The van der Waals surface area contributed by atoms with Crippen molar-refractivity contribution in [3.8, 4) is 0 Å². The minimum Gasteiger partial charge on any atom is -0.381 e. The topological polar surface area (TPSA) is 35.5 Å². The molecule has 1 atom stereocenters. The number of hydrogen-bond donors (Lipinski definition) is 0. The second-order valence-electron chi connectivity index (χ2n) is 4.85. The summed E-state index contributed by atoms with van der Waals surface area (Å²) in [4.78, 5) is 11.6. The average Bonchev–Trinajstić information content (AvgIpc) is 2.86. The van der Waals surface area contributed by atoms with E-state index in [0.717, 1.165) is 26.1 Å². The fraction of sp³-hybridized carbons (Fsp3) is 0.929. The van der Waals surface area contributed by atoms with Crippen LogP contribution in [0.15, 0.2) is 0 Å². The summed E-state index contributed by atoms with van der Waals surface area (Å²) in [6.45, 7) is 4.56. The van der Waals surface area contributed by atoms with Gasteiger partial charge in [0.1, 0.15) is 6.61 Å². The van der Waals surface area contributed by atoms with E-state index in [-0.39, 0.29) is 18.3 Å². The lowest BCUT2D eigenvalue weighted by Crippen LogP contribution is -2.20. The summed E-state index contributed by atoms with van der Waals surface area (Å²) in [5, 5.41) is 0. The van der Waals surface area contributed by atoms with E-state index in [1.807, 2.05) is 0 Å². The van der Waals surface area contributed by atoms with Crippen LogP contribution in [0, 0.1) is 5.92 Å². The van der Waals surface area contributed by atoms with Gasteiger partial charge in [-0.2, -0.15) is 0 Å². The van der Waals surface area contributed by atoms with Gasteiger partial charge in [0, 0.05) is 19.1 Å². The highest BCUT2D eigenvalue weighted by Gasteiger charge is 2.22. The number of carbonyl (C=O) groups excluding carboxylic acids is 1. The zero-order valence-electron chi connectivity index (χ0n) is 11.1. The van der Waals surface area contributed by atoms with E-state index in [1.165, 1.54) is 32.1 Å². The van der Waals surface area contributed by atoms with Gasteiger partial charge in [-0.3, -0.25) is 4.79 Å². The van der Waals surface area contributed by atoms with Gasteiger partial charge >= 0.3 is 0 Å². The molecule has 1 rings (SSSR count). The smallest absolute Gasteiger partial charge is 0.163 e. The molecule has 0 spiro atoms. The molecule has 1 unspecified atom stereocenters. The van der Waals surface area contributed by atoms with Crippen molar-refractivity contribution in [2.45, 2.75) is 51.9 Å². The van der Waals surface area contributed by atoms with Crippen LogP contribution >= 0.6 is 0 Å². The van der Waals surface area contributed by atoms with Crippen molar-refractivity contribution in [1.29, 1.82) is 0 Å². The van der Waals surface area contributed by atoms with E-state index in [2.05, 4.69) is 6.92 Å². The molecule has 1 aliphatic heterocycles. The van der Waals surface area contributed by atoms with Crippen molar-refractivity contribution in [3.63, 3.8) is 0 Å². The number of unbranched alkanes of at least 4 members (excludes halogenated alkanes) is 5. The van der Waals surface area contributed by atoms with E-state index < -0.39 is 0 Å². The fourth-order valence-electron chi connectivity index (χ4n) is 2.06. The molecule has 3 heteroatoms. The second-order valence-corrected chi connectivity index (χ2v) is 4.85. The number of Topliss-reactive ketones (excluding diaryl/α,β-unsaturated/α-hetero) is 1. The van der Waals surface area contributed by atoms with Gasteiger partial charge in [-0.1, -0.05) is 39.0 Å². The lowest BCUT2D eigenvalue weighted by molar-refractivity contribution is -0.127. The van der Waals surface area contributed by atoms with Crippen molar-refractivity contribution in [1.82, 2.24) is 0 Å². The number of carbonyl (C=O) groups is 1. The van der Waals surface area contributed by atoms with Crippen LogP contribution in [0.2, 0.25) is 0 Å². The van der Waals surface area contributed by atoms with Crippen molar-refractivity contribution in [2.75, 3.05) is 26.4 Å². The predicted molar refractivity (Wildman–Crippen MR) is 68.1 cm³/mol. The zero-order valence-corrected chi connectivity index (χ0v) is 11.1. The maximum atomic E-state index is 11.6. The highest BCUT2D eigenvalue weighted by Crippen LogP contribution is 2.13. The molecule has 0 bridgehead atoms. The van der Waals surface area contributed by atoms with Gasteiger partial charge in [-0.25, -0.2) is 0 Å². The molecule has 0 radical (unpaired) electrons. The number of ether oxygens (including phenoxy) is 2. The molecular weight excluding hydrogens is 216 g/mol. The van der Waals surface area contributed by atoms with Gasteiger partial charge < -0.3 is 9.47 Å². The Labute approximate surface area is 105 Å². The standard InChI is InChI=1S/C14H26O3/c1-2-3-4-5-6-7-9-16-12-14(15)13-8-10-17-11-13/h13H,2-12H2,1H3. The Morgan fingerprint density at radius 3 is 2.71 bits per heavy atom. The number of ketones is 1. The quantitative estimate of drug-likeness (QED) is 0.552. The SMILES string of the molecule is CCCCCCCCOCC(=O)C1CCOC1. The summed E-state index contributed by atoms with van der Waals surface area (Å²) in [5.74, 6) is 0.313. The average molecular weight is 242 g/mol. The Hall–Kier alpha value is -0.410. The zero-order chi connectivity index (χ0) is 12.3. The Bertz CT molecular complexity index is 198. The molecule has 0 aromatic rings. The lowest BCUT2D eigenvalue weighted by Gasteiger charge is -2.07.